The van der Waals surface area contributed by atoms with Crippen LogP contribution in [0.15, 0.2) is 60.8 Å². The number of piperazine rings is 1. The molecular weight excluding hydrogens is 294 g/mol. The highest BCUT2D eigenvalue weighted by Crippen LogP contribution is 2.25. The van der Waals surface area contributed by atoms with E-state index in [0.29, 0.717) is 0 Å². The zero-order valence-corrected chi connectivity index (χ0v) is 14.2. The van der Waals surface area contributed by atoms with Gasteiger partial charge < -0.3 is 4.90 Å². The number of rotatable bonds is 3. The highest BCUT2D eigenvalue weighted by molar-refractivity contribution is 5.92. The van der Waals surface area contributed by atoms with E-state index in [-0.39, 0.29) is 0 Å². The van der Waals surface area contributed by atoms with Crippen LogP contribution >= 0.6 is 0 Å². The Labute approximate surface area is 143 Å². The van der Waals surface area contributed by atoms with E-state index in [1.54, 1.807) is 0 Å². The van der Waals surface area contributed by atoms with Crippen molar-refractivity contribution in [2.75, 3.05) is 31.1 Å². The maximum Gasteiger partial charge on any atom is 0.136 e. The second-order valence-electron chi connectivity index (χ2n) is 6.60. The molecule has 3 nitrogen and oxygen atoms in total. The molecule has 1 aromatic heterocycles. The van der Waals surface area contributed by atoms with Crippen molar-refractivity contribution in [3.05, 3.63) is 71.9 Å². The van der Waals surface area contributed by atoms with Crippen molar-refractivity contribution in [3.8, 4) is 0 Å². The van der Waals surface area contributed by atoms with E-state index in [1.807, 2.05) is 6.20 Å². The van der Waals surface area contributed by atoms with Gasteiger partial charge in [0.25, 0.3) is 0 Å². The minimum atomic E-state index is 1.03. The molecule has 0 N–H and O–H groups in total. The third kappa shape index (κ3) is 3.13. The molecule has 0 radical (unpaired) electrons. The van der Waals surface area contributed by atoms with Gasteiger partial charge in [0.05, 0.1) is 0 Å². The number of nitrogens with zero attached hydrogens (tertiary/aromatic N) is 3. The highest BCUT2D eigenvalue weighted by Gasteiger charge is 2.19. The highest BCUT2D eigenvalue weighted by atomic mass is 15.3. The molecule has 122 valence electrons. The first kappa shape index (κ1) is 15.2. The molecule has 0 atom stereocenters. The molecule has 0 amide bonds. The van der Waals surface area contributed by atoms with Crippen LogP contribution in [0.2, 0.25) is 0 Å². The van der Waals surface area contributed by atoms with Crippen molar-refractivity contribution in [1.29, 1.82) is 0 Å². The number of anilines is 1. The summed E-state index contributed by atoms with van der Waals surface area (Å²) in [7, 11) is 0. The minimum Gasteiger partial charge on any atom is -0.354 e. The van der Waals surface area contributed by atoms with Crippen molar-refractivity contribution >= 4 is 16.6 Å². The second kappa shape index (κ2) is 6.62. The topological polar surface area (TPSA) is 19.4 Å². The predicted octanol–water partition coefficient (Wildman–Crippen LogP) is 3.87. The van der Waals surface area contributed by atoms with Crippen LogP contribution in [0, 0.1) is 6.92 Å². The van der Waals surface area contributed by atoms with E-state index >= 15 is 0 Å². The monoisotopic (exact) mass is 317 g/mol. The molecule has 1 saturated heterocycles. The third-order valence-electron chi connectivity index (χ3n) is 4.85. The molecular formula is C21H23N3. The Hall–Kier alpha value is -2.39. The van der Waals surface area contributed by atoms with Crippen LogP contribution in [-0.2, 0) is 6.54 Å². The first-order chi connectivity index (χ1) is 11.8. The smallest absolute Gasteiger partial charge is 0.136 e. The molecule has 2 heterocycles. The van der Waals surface area contributed by atoms with Gasteiger partial charge in [-0.05, 0) is 23.9 Å². The van der Waals surface area contributed by atoms with Crippen LogP contribution in [0.4, 0.5) is 5.82 Å². The van der Waals surface area contributed by atoms with E-state index < -0.39 is 0 Å². The maximum absolute atomic E-state index is 4.66. The van der Waals surface area contributed by atoms with Crippen LogP contribution in [0.3, 0.4) is 0 Å². The van der Waals surface area contributed by atoms with E-state index in [9.17, 15) is 0 Å². The normalized spacial score (nSPS) is 15.8. The summed E-state index contributed by atoms with van der Waals surface area (Å²) < 4.78 is 0. The average Bonchev–Trinajstić information content (AvgIpc) is 2.64. The van der Waals surface area contributed by atoms with Crippen molar-refractivity contribution in [2.24, 2.45) is 0 Å². The zero-order chi connectivity index (χ0) is 16.4. The molecule has 1 aliphatic heterocycles. The molecule has 3 aromatic rings. The summed E-state index contributed by atoms with van der Waals surface area (Å²) in [5.41, 5.74) is 2.72. The molecule has 0 aliphatic carbocycles. The van der Waals surface area contributed by atoms with Crippen molar-refractivity contribution in [3.63, 3.8) is 0 Å². The Bertz CT molecular complexity index is 813. The standard InChI is InChI=1S/C21H23N3/c1-17-6-8-18(9-7-17)16-23-12-14-24(15-13-23)21-20-5-3-2-4-19(20)10-11-22-21/h2-11H,12-16H2,1H3. The Morgan fingerprint density at radius 2 is 1.62 bits per heavy atom. The maximum atomic E-state index is 4.66. The molecule has 0 spiro atoms. The average molecular weight is 317 g/mol. The quantitative estimate of drug-likeness (QED) is 0.731. The first-order valence-corrected chi connectivity index (χ1v) is 8.66. The fraction of sp³-hybridized carbons (Fsp3) is 0.286. The Morgan fingerprint density at radius 3 is 2.42 bits per heavy atom. The summed E-state index contributed by atoms with van der Waals surface area (Å²) in [4.78, 5) is 9.62. The molecule has 2 aromatic carbocycles. The summed E-state index contributed by atoms with van der Waals surface area (Å²) in [6.07, 6.45) is 1.93. The summed E-state index contributed by atoms with van der Waals surface area (Å²) in [6, 6.07) is 19.5. The molecule has 3 heteroatoms. The number of aromatic nitrogens is 1. The van der Waals surface area contributed by atoms with Gasteiger partial charge >= 0.3 is 0 Å². The SMILES string of the molecule is Cc1ccc(CN2CCN(c3nccc4ccccc34)CC2)cc1. The fourth-order valence-electron chi connectivity index (χ4n) is 3.43. The van der Waals surface area contributed by atoms with Gasteiger partial charge in [-0.2, -0.15) is 0 Å². The largest absolute Gasteiger partial charge is 0.354 e. The van der Waals surface area contributed by atoms with E-state index in [0.717, 1.165) is 38.5 Å². The molecule has 0 saturated carbocycles. The lowest BCUT2D eigenvalue weighted by atomic mass is 10.1. The summed E-state index contributed by atoms with van der Waals surface area (Å²) in [6.45, 7) is 7.41. The van der Waals surface area contributed by atoms with Crippen molar-refractivity contribution < 1.29 is 0 Å². The Kier molecular flexibility index (Phi) is 4.18. The van der Waals surface area contributed by atoms with Crippen LogP contribution < -0.4 is 4.90 Å². The van der Waals surface area contributed by atoms with E-state index in [1.165, 1.54) is 21.9 Å². The van der Waals surface area contributed by atoms with Gasteiger partial charge in [0, 0.05) is 44.3 Å². The number of aryl methyl sites for hydroxylation is 1. The van der Waals surface area contributed by atoms with Gasteiger partial charge in [0.2, 0.25) is 0 Å². The second-order valence-corrected chi connectivity index (χ2v) is 6.60. The van der Waals surface area contributed by atoms with E-state index in [4.69, 9.17) is 0 Å². The lowest BCUT2D eigenvalue weighted by molar-refractivity contribution is 0.249. The molecule has 0 unspecified atom stereocenters. The van der Waals surface area contributed by atoms with E-state index in [2.05, 4.69) is 76.3 Å². The summed E-state index contributed by atoms with van der Waals surface area (Å²) in [5, 5.41) is 2.52. The third-order valence-corrected chi connectivity index (χ3v) is 4.85. The van der Waals surface area contributed by atoms with Crippen LogP contribution in [0.1, 0.15) is 11.1 Å². The Balaban J connectivity index is 1.45. The van der Waals surface area contributed by atoms with Crippen molar-refractivity contribution in [2.45, 2.75) is 13.5 Å². The number of fused-ring (bicyclic) bond motifs is 1. The first-order valence-electron chi connectivity index (χ1n) is 8.66. The van der Waals surface area contributed by atoms with Crippen LogP contribution in [0.25, 0.3) is 10.8 Å². The number of hydrogen-bond donors (Lipinski definition) is 0. The summed E-state index contributed by atoms with van der Waals surface area (Å²) in [5.74, 6) is 1.13. The molecule has 4 rings (SSSR count). The fourth-order valence-corrected chi connectivity index (χ4v) is 3.43. The summed E-state index contributed by atoms with van der Waals surface area (Å²) >= 11 is 0. The van der Waals surface area contributed by atoms with Gasteiger partial charge in [0.15, 0.2) is 0 Å². The molecule has 24 heavy (non-hydrogen) atoms. The van der Waals surface area contributed by atoms with Crippen LogP contribution in [0.5, 0.6) is 0 Å². The number of hydrogen-bond acceptors (Lipinski definition) is 3. The lowest BCUT2D eigenvalue weighted by Gasteiger charge is -2.35. The molecule has 1 fully saturated rings. The zero-order valence-electron chi connectivity index (χ0n) is 14.2. The number of pyridine rings is 1. The Morgan fingerprint density at radius 1 is 0.875 bits per heavy atom. The van der Waals surface area contributed by atoms with Crippen LogP contribution in [-0.4, -0.2) is 36.1 Å². The molecule has 0 bridgehead atoms. The van der Waals surface area contributed by atoms with Gasteiger partial charge in [0.1, 0.15) is 5.82 Å². The minimum absolute atomic E-state index is 1.03. The van der Waals surface area contributed by atoms with Crippen molar-refractivity contribution in [1.82, 2.24) is 9.88 Å². The molecule has 1 aliphatic rings. The van der Waals surface area contributed by atoms with Gasteiger partial charge in [-0.3, -0.25) is 4.90 Å². The van der Waals surface area contributed by atoms with Gasteiger partial charge in [-0.15, -0.1) is 0 Å². The number of benzene rings is 2. The lowest BCUT2D eigenvalue weighted by Crippen LogP contribution is -2.46. The predicted molar refractivity (Wildman–Crippen MR) is 100 cm³/mol. The van der Waals surface area contributed by atoms with Gasteiger partial charge in [-0.25, -0.2) is 4.98 Å². The van der Waals surface area contributed by atoms with Gasteiger partial charge in [-0.1, -0.05) is 54.1 Å².